The number of nitrogens with one attached hydrogen (secondary N) is 1. The van der Waals surface area contributed by atoms with Crippen LogP contribution in [-0.2, 0) is 16.6 Å². The van der Waals surface area contributed by atoms with Gasteiger partial charge < -0.3 is 5.32 Å². The molecule has 27 heavy (non-hydrogen) atoms. The molecule has 0 atom stereocenters. The lowest BCUT2D eigenvalue weighted by atomic mass is 10.1. The molecule has 1 heterocycles. The van der Waals surface area contributed by atoms with Gasteiger partial charge in [-0.1, -0.05) is 24.3 Å². The summed E-state index contributed by atoms with van der Waals surface area (Å²) in [5, 5.41) is 3.35. The second-order valence-corrected chi connectivity index (χ2v) is 8.39. The zero-order valence-electron chi connectivity index (χ0n) is 15.4. The molecule has 3 rings (SSSR count). The van der Waals surface area contributed by atoms with Crippen LogP contribution in [0, 0.1) is 6.92 Å². The Morgan fingerprint density at radius 2 is 1.85 bits per heavy atom. The fraction of sp³-hybridized carbons (Fsp3) is 0.200. The van der Waals surface area contributed by atoms with Gasteiger partial charge in [-0.3, -0.25) is 9.78 Å². The number of carbonyl (C=O) groups excluding carboxylic acids is 1. The van der Waals surface area contributed by atoms with Crippen LogP contribution < -0.4 is 5.32 Å². The predicted molar refractivity (Wildman–Crippen MR) is 105 cm³/mol. The molecule has 0 saturated carbocycles. The first kappa shape index (κ1) is 19.0. The highest BCUT2D eigenvalue weighted by Crippen LogP contribution is 2.25. The average Bonchev–Trinajstić information content (AvgIpc) is 2.67. The van der Waals surface area contributed by atoms with Gasteiger partial charge in [0.2, 0.25) is 10.0 Å². The lowest BCUT2D eigenvalue weighted by Gasteiger charge is -2.18. The molecular weight excluding hydrogens is 362 g/mol. The number of fused-ring (bicyclic) bond motifs is 1. The smallest absolute Gasteiger partial charge is 0.251 e. The normalized spacial score (nSPS) is 11.7. The van der Waals surface area contributed by atoms with E-state index in [1.807, 2.05) is 19.1 Å². The van der Waals surface area contributed by atoms with E-state index in [9.17, 15) is 13.2 Å². The number of para-hydroxylation sites is 1. The fourth-order valence-electron chi connectivity index (χ4n) is 2.87. The van der Waals surface area contributed by atoms with Crippen molar-refractivity contribution in [1.29, 1.82) is 0 Å². The molecule has 0 unspecified atom stereocenters. The zero-order valence-corrected chi connectivity index (χ0v) is 16.2. The summed E-state index contributed by atoms with van der Waals surface area (Å²) in [6.07, 6.45) is 1.67. The van der Waals surface area contributed by atoms with Crippen molar-refractivity contribution in [1.82, 2.24) is 14.6 Å². The van der Waals surface area contributed by atoms with Gasteiger partial charge in [-0.05, 0) is 42.3 Å². The molecule has 3 aromatic rings. The first-order valence-electron chi connectivity index (χ1n) is 8.45. The van der Waals surface area contributed by atoms with Gasteiger partial charge in [0.25, 0.3) is 5.91 Å². The van der Waals surface area contributed by atoms with Crippen LogP contribution in [0.5, 0.6) is 0 Å². The highest BCUT2D eigenvalue weighted by Gasteiger charge is 2.24. The number of sulfonamides is 1. The first-order chi connectivity index (χ1) is 12.8. The molecule has 0 fully saturated rings. The lowest BCUT2D eigenvalue weighted by Crippen LogP contribution is -2.27. The predicted octanol–water partition coefficient (Wildman–Crippen LogP) is 2.72. The maximum atomic E-state index is 13.1. The Bertz CT molecular complexity index is 1090. The quantitative estimate of drug-likeness (QED) is 0.735. The van der Waals surface area contributed by atoms with Gasteiger partial charge >= 0.3 is 0 Å². The maximum absolute atomic E-state index is 13.1. The summed E-state index contributed by atoms with van der Waals surface area (Å²) in [5.74, 6) is -0.181. The molecular formula is C20H21N3O3S. The van der Waals surface area contributed by atoms with Crippen LogP contribution in [0.25, 0.3) is 10.9 Å². The van der Waals surface area contributed by atoms with E-state index >= 15 is 0 Å². The van der Waals surface area contributed by atoms with Gasteiger partial charge in [0.15, 0.2) is 0 Å². The van der Waals surface area contributed by atoms with E-state index < -0.39 is 10.0 Å². The molecule has 6 nitrogen and oxygen atoms in total. The third kappa shape index (κ3) is 3.84. The summed E-state index contributed by atoms with van der Waals surface area (Å²) in [6.45, 7) is 2.11. The third-order valence-corrected chi connectivity index (χ3v) is 6.18. The number of hydrogen-bond donors (Lipinski definition) is 1. The van der Waals surface area contributed by atoms with E-state index in [1.165, 1.54) is 11.4 Å². The number of hydrogen-bond acceptors (Lipinski definition) is 4. The van der Waals surface area contributed by atoms with Crippen molar-refractivity contribution in [3.63, 3.8) is 0 Å². The van der Waals surface area contributed by atoms with E-state index in [-0.39, 0.29) is 17.3 Å². The van der Waals surface area contributed by atoms with Gasteiger partial charge in [-0.25, -0.2) is 8.42 Å². The van der Waals surface area contributed by atoms with E-state index in [4.69, 9.17) is 0 Å². The summed E-state index contributed by atoms with van der Waals surface area (Å²) in [6, 6.07) is 13.9. The number of carbonyl (C=O) groups is 1. The molecule has 7 heteroatoms. The molecule has 0 radical (unpaired) electrons. The minimum atomic E-state index is -3.72. The Hall–Kier alpha value is -2.77. The van der Waals surface area contributed by atoms with Crippen LogP contribution >= 0.6 is 0 Å². The van der Waals surface area contributed by atoms with Gasteiger partial charge in [-0.2, -0.15) is 4.31 Å². The summed E-state index contributed by atoms with van der Waals surface area (Å²) in [4.78, 5) is 16.1. The van der Waals surface area contributed by atoms with Crippen LogP contribution in [0.15, 0.2) is 59.6 Å². The number of amides is 1. The number of rotatable bonds is 5. The Morgan fingerprint density at radius 3 is 2.52 bits per heavy atom. The number of aromatic nitrogens is 1. The van der Waals surface area contributed by atoms with Crippen molar-refractivity contribution in [3.05, 3.63) is 71.4 Å². The standard InChI is InChI=1S/C20H21N3O3S/c1-14-11-17-5-4-6-18(19(17)22-12-14)27(25,26)23(3)13-15-7-9-16(10-8-15)20(24)21-2/h4-12H,13H2,1-3H3,(H,21,24). The maximum Gasteiger partial charge on any atom is 0.251 e. The molecule has 2 aromatic carbocycles. The molecule has 1 aromatic heterocycles. The van der Waals surface area contributed by atoms with Gasteiger partial charge in [-0.15, -0.1) is 0 Å². The van der Waals surface area contributed by atoms with Crippen LogP contribution in [-0.4, -0.2) is 37.7 Å². The highest BCUT2D eigenvalue weighted by atomic mass is 32.2. The number of pyridine rings is 1. The fourth-order valence-corrected chi connectivity index (χ4v) is 4.19. The molecule has 0 aliphatic rings. The minimum Gasteiger partial charge on any atom is -0.355 e. The van der Waals surface area contributed by atoms with Gasteiger partial charge in [0, 0.05) is 37.8 Å². The molecule has 0 bridgehead atoms. The van der Waals surface area contributed by atoms with Gasteiger partial charge in [0.1, 0.15) is 4.90 Å². The zero-order chi connectivity index (χ0) is 19.6. The molecule has 0 aliphatic heterocycles. The van der Waals surface area contributed by atoms with Crippen LogP contribution in [0.1, 0.15) is 21.5 Å². The van der Waals surface area contributed by atoms with E-state index in [1.54, 1.807) is 49.6 Å². The van der Waals surface area contributed by atoms with Crippen molar-refractivity contribution in [3.8, 4) is 0 Å². The summed E-state index contributed by atoms with van der Waals surface area (Å²) in [7, 11) is -0.614. The molecule has 140 valence electrons. The van der Waals surface area contributed by atoms with Crippen molar-refractivity contribution < 1.29 is 13.2 Å². The van der Waals surface area contributed by atoms with Crippen molar-refractivity contribution >= 4 is 26.8 Å². The SMILES string of the molecule is CNC(=O)c1ccc(CN(C)S(=O)(=O)c2cccc3cc(C)cnc23)cc1. The Balaban J connectivity index is 1.90. The number of aryl methyl sites for hydroxylation is 1. The van der Waals surface area contributed by atoms with Gasteiger partial charge in [0.05, 0.1) is 5.52 Å². The summed E-state index contributed by atoms with van der Waals surface area (Å²) < 4.78 is 27.4. The number of benzene rings is 2. The first-order valence-corrected chi connectivity index (χ1v) is 9.89. The van der Waals surface area contributed by atoms with Crippen molar-refractivity contribution in [2.45, 2.75) is 18.4 Å². The van der Waals surface area contributed by atoms with Crippen LogP contribution in [0.3, 0.4) is 0 Å². The van der Waals surface area contributed by atoms with E-state index in [0.717, 1.165) is 16.5 Å². The summed E-state index contributed by atoms with van der Waals surface area (Å²) >= 11 is 0. The van der Waals surface area contributed by atoms with Crippen LogP contribution in [0.2, 0.25) is 0 Å². The van der Waals surface area contributed by atoms with Crippen molar-refractivity contribution in [2.24, 2.45) is 0 Å². The highest BCUT2D eigenvalue weighted by molar-refractivity contribution is 7.89. The largest absolute Gasteiger partial charge is 0.355 e. The Labute approximate surface area is 158 Å². The molecule has 1 amide bonds. The van der Waals surface area contributed by atoms with E-state index in [0.29, 0.717) is 11.1 Å². The summed E-state index contributed by atoms with van der Waals surface area (Å²) in [5.41, 5.74) is 2.75. The minimum absolute atomic E-state index is 0.181. The molecule has 0 saturated heterocycles. The second kappa shape index (κ2) is 7.46. The number of nitrogens with zero attached hydrogens (tertiary/aromatic N) is 2. The molecule has 1 N–H and O–H groups in total. The third-order valence-electron chi connectivity index (χ3n) is 4.35. The average molecular weight is 383 g/mol. The molecule has 0 spiro atoms. The Kier molecular flexibility index (Phi) is 5.25. The monoisotopic (exact) mass is 383 g/mol. The van der Waals surface area contributed by atoms with E-state index in [2.05, 4.69) is 10.3 Å². The topological polar surface area (TPSA) is 79.4 Å². The van der Waals surface area contributed by atoms with Crippen LogP contribution in [0.4, 0.5) is 0 Å². The lowest BCUT2D eigenvalue weighted by molar-refractivity contribution is 0.0963. The Morgan fingerprint density at radius 1 is 1.15 bits per heavy atom. The second-order valence-electron chi connectivity index (χ2n) is 6.38. The molecule has 0 aliphatic carbocycles. The van der Waals surface area contributed by atoms with Crippen molar-refractivity contribution in [2.75, 3.05) is 14.1 Å².